The van der Waals surface area contributed by atoms with Crippen LogP contribution in [0.5, 0.6) is 5.75 Å². The van der Waals surface area contributed by atoms with Crippen molar-refractivity contribution in [2.24, 2.45) is 0 Å². The molecule has 1 aromatic carbocycles. The Morgan fingerprint density at radius 2 is 1.66 bits per heavy atom. The highest BCUT2D eigenvalue weighted by molar-refractivity contribution is 6.65. The predicted molar refractivity (Wildman–Crippen MR) is 117 cm³/mol. The van der Waals surface area contributed by atoms with Gasteiger partial charge in [0.15, 0.2) is 6.29 Å². The molecule has 0 N–H and O–H groups in total. The monoisotopic (exact) mass is 467 g/mol. The minimum atomic E-state index is -4.67. The van der Waals surface area contributed by atoms with Crippen LogP contribution in [0.2, 0.25) is 5.02 Å². The Morgan fingerprint density at radius 1 is 1.06 bits per heavy atom. The summed E-state index contributed by atoms with van der Waals surface area (Å²) in [6.07, 6.45) is -0.178. The van der Waals surface area contributed by atoms with Crippen molar-refractivity contribution in [1.82, 2.24) is 4.98 Å². The number of halogens is 4. The van der Waals surface area contributed by atoms with Crippen LogP contribution in [0, 0.1) is 0 Å². The Kier molecular flexibility index (Phi) is 6.48. The fourth-order valence-corrected chi connectivity index (χ4v) is 3.43. The van der Waals surface area contributed by atoms with E-state index in [-0.39, 0.29) is 21.9 Å². The van der Waals surface area contributed by atoms with Crippen molar-refractivity contribution < 1.29 is 32.0 Å². The molecular weight excluding hydrogens is 446 g/mol. The van der Waals surface area contributed by atoms with Crippen LogP contribution in [0.1, 0.15) is 54.7 Å². The summed E-state index contributed by atoms with van der Waals surface area (Å²) in [5.74, 6) is 0.0337. The minimum absolute atomic E-state index is 0.0337. The van der Waals surface area contributed by atoms with Gasteiger partial charge >= 0.3 is 13.3 Å². The molecule has 0 radical (unpaired) electrons. The van der Waals surface area contributed by atoms with E-state index in [0.29, 0.717) is 17.4 Å². The quantitative estimate of drug-likeness (QED) is 0.455. The van der Waals surface area contributed by atoms with Crippen molar-refractivity contribution in [3.05, 3.63) is 51.7 Å². The van der Waals surface area contributed by atoms with Crippen LogP contribution < -0.4 is 10.3 Å². The molecule has 2 aromatic rings. The van der Waals surface area contributed by atoms with Crippen LogP contribution >= 0.6 is 11.6 Å². The number of aromatic nitrogens is 1. The molecule has 1 aliphatic rings. The van der Waals surface area contributed by atoms with Gasteiger partial charge in [-0.15, -0.1) is 0 Å². The fourth-order valence-electron chi connectivity index (χ4n) is 3.17. The number of rotatable bonds is 5. The van der Waals surface area contributed by atoms with Gasteiger partial charge in [-0.05, 0) is 57.0 Å². The average Bonchev–Trinajstić information content (AvgIpc) is 2.92. The van der Waals surface area contributed by atoms with E-state index in [1.165, 1.54) is 25.5 Å². The number of pyridine rings is 1. The van der Waals surface area contributed by atoms with E-state index in [2.05, 4.69) is 4.98 Å². The van der Waals surface area contributed by atoms with Crippen LogP contribution in [0.4, 0.5) is 13.2 Å². The van der Waals surface area contributed by atoms with Crippen LogP contribution in [0.3, 0.4) is 0 Å². The van der Waals surface area contributed by atoms with Crippen molar-refractivity contribution in [3.63, 3.8) is 0 Å². The van der Waals surface area contributed by atoms with Gasteiger partial charge in [-0.1, -0.05) is 23.8 Å². The van der Waals surface area contributed by atoms with Gasteiger partial charge in [0.2, 0.25) is 0 Å². The zero-order chi connectivity index (χ0) is 23.9. The van der Waals surface area contributed by atoms with Gasteiger partial charge in [-0.25, -0.2) is 0 Å². The Balaban J connectivity index is 2.01. The highest BCUT2D eigenvalue weighted by atomic mass is 35.5. The minimum Gasteiger partial charge on any atom is -0.496 e. The third-order valence-electron chi connectivity index (χ3n) is 5.70. The smallest absolute Gasteiger partial charge is 0.496 e. The van der Waals surface area contributed by atoms with Gasteiger partial charge in [-0.2, -0.15) is 13.2 Å². The van der Waals surface area contributed by atoms with Crippen LogP contribution in [-0.4, -0.2) is 36.7 Å². The predicted octanol–water partition coefficient (Wildman–Crippen LogP) is 5.04. The molecule has 1 saturated heterocycles. The molecule has 1 aromatic heterocycles. The number of carbonyl (C=O) groups is 1. The molecule has 0 amide bonds. The maximum atomic E-state index is 13.6. The van der Waals surface area contributed by atoms with Crippen molar-refractivity contribution in [3.8, 4) is 5.75 Å². The molecule has 0 bridgehead atoms. The Labute approximate surface area is 189 Å². The number of hydrogen-bond acceptors (Lipinski definition) is 5. The molecule has 0 atom stereocenters. The van der Waals surface area contributed by atoms with Crippen LogP contribution in [0.15, 0.2) is 24.4 Å². The van der Waals surface area contributed by atoms with E-state index >= 15 is 0 Å². The topological polar surface area (TPSA) is 57.6 Å². The van der Waals surface area contributed by atoms with Gasteiger partial charge in [0.25, 0.3) is 0 Å². The first-order valence-electron chi connectivity index (χ1n) is 9.73. The SMILES string of the molecule is COc1cc(/C=C/c2ccnc(B3OC(C)(C)C(C)(C)O3)c2Cl)c(C(F)(F)F)cc1C=O. The maximum Gasteiger partial charge on any atom is 0.516 e. The highest BCUT2D eigenvalue weighted by Crippen LogP contribution is 2.38. The van der Waals surface area contributed by atoms with Crippen molar-refractivity contribution in [2.75, 3.05) is 7.11 Å². The number of methoxy groups -OCH3 is 1. The van der Waals surface area contributed by atoms with Gasteiger partial charge in [-0.3, -0.25) is 9.78 Å². The summed E-state index contributed by atoms with van der Waals surface area (Å²) in [7, 11) is 0.457. The zero-order valence-corrected chi connectivity index (χ0v) is 19.0. The first-order chi connectivity index (χ1) is 14.8. The van der Waals surface area contributed by atoms with Gasteiger partial charge in [0, 0.05) is 6.20 Å². The number of benzene rings is 1. The lowest BCUT2D eigenvalue weighted by atomic mass is 9.83. The molecule has 2 heterocycles. The third kappa shape index (κ3) is 4.55. The van der Waals surface area contributed by atoms with Gasteiger partial charge in [0.05, 0.1) is 40.1 Å². The highest BCUT2D eigenvalue weighted by Gasteiger charge is 2.53. The lowest BCUT2D eigenvalue weighted by Gasteiger charge is -2.32. The molecule has 5 nitrogen and oxygen atoms in total. The van der Waals surface area contributed by atoms with Gasteiger partial charge in [0.1, 0.15) is 5.75 Å². The summed E-state index contributed by atoms with van der Waals surface area (Å²) >= 11 is 6.51. The van der Waals surface area contributed by atoms with E-state index in [1.54, 1.807) is 6.07 Å². The van der Waals surface area contributed by atoms with E-state index in [9.17, 15) is 18.0 Å². The molecule has 32 heavy (non-hydrogen) atoms. The lowest BCUT2D eigenvalue weighted by molar-refractivity contribution is -0.137. The third-order valence-corrected chi connectivity index (χ3v) is 6.11. The second-order valence-electron chi connectivity index (χ2n) is 8.32. The summed E-state index contributed by atoms with van der Waals surface area (Å²) in [4.78, 5) is 15.4. The van der Waals surface area contributed by atoms with Crippen LogP contribution in [0.25, 0.3) is 12.2 Å². The maximum absolute atomic E-state index is 13.6. The van der Waals surface area contributed by atoms with E-state index in [1.807, 2.05) is 27.7 Å². The molecule has 0 saturated carbocycles. The van der Waals surface area contributed by atoms with Crippen molar-refractivity contribution in [2.45, 2.75) is 45.1 Å². The molecule has 0 spiro atoms. The second-order valence-corrected chi connectivity index (χ2v) is 8.70. The van der Waals surface area contributed by atoms with Crippen molar-refractivity contribution >= 4 is 42.8 Å². The molecule has 0 unspecified atom stereocenters. The molecule has 10 heteroatoms. The van der Waals surface area contributed by atoms with E-state index in [0.717, 1.165) is 12.1 Å². The van der Waals surface area contributed by atoms with Gasteiger partial charge < -0.3 is 14.0 Å². The fraction of sp³-hybridized carbons (Fsp3) is 0.364. The summed E-state index contributed by atoms with van der Waals surface area (Å²) in [5, 5.41) is 0.201. The largest absolute Gasteiger partial charge is 0.516 e. The number of alkyl halides is 3. The summed E-state index contributed by atoms with van der Waals surface area (Å²) in [6, 6.07) is 3.49. The average molecular weight is 468 g/mol. The Morgan fingerprint density at radius 3 is 2.19 bits per heavy atom. The number of aldehydes is 1. The summed E-state index contributed by atoms with van der Waals surface area (Å²) in [6.45, 7) is 7.55. The van der Waals surface area contributed by atoms with Crippen LogP contribution in [-0.2, 0) is 15.5 Å². The summed E-state index contributed by atoms with van der Waals surface area (Å²) in [5.41, 5.74) is -1.78. The molecule has 1 fully saturated rings. The van der Waals surface area contributed by atoms with Crippen molar-refractivity contribution in [1.29, 1.82) is 0 Å². The standard InChI is InChI=1S/C22H22BClF3NO4/c1-20(2)21(3,4)32-23(31-20)19-18(24)13(8-9-28-19)6-7-14-11-17(30-5)15(12-29)10-16(14)22(25,26)27/h6-12H,1-5H3/b7-6+. The normalized spacial score (nSPS) is 17.7. The number of carbonyl (C=O) groups excluding carboxylic acids is 1. The lowest BCUT2D eigenvalue weighted by Crippen LogP contribution is -2.41. The van der Waals surface area contributed by atoms with E-state index in [4.69, 9.17) is 25.6 Å². The molecule has 170 valence electrons. The molecule has 0 aliphatic carbocycles. The Bertz CT molecular complexity index is 1050. The number of hydrogen-bond donors (Lipinski definition) is 0. The molecular formula is C22H22BClF3NO4. The number of ether oxygens (including phenoxy) is 1. The Hall–Kier alpha value is -2.36. The molecule has 3 rings (SSSR count). The first kappa shape index (κ1) is 24.3. The summed E-state index contributed by atoms with van der Waals surface area (Å²) < 4.78 is 57.7. The molecule has 1 aliphatic heterocycles. The van der Waals surface area contributed by atoms with E-state index < -0.39 is 30.1 Å². The first-order valence-corrected chi connectivity index (χ1v) is 10.1. The number of nitrogens with zero attached hydrogens (tertiary/aromatic N) is 1. The second kappa shape index (κ2) is 8.54. The zero-order valence-electron chi connectivity index (χ0n) is 18.2.